The fourth-order valence-electron chi connectivity index (χ4n) is 0.930. The molecule has 0 aromatic carbocycles. The van der Waals surface area contributed by atoms with Crippen LogP contribution < -0.4 is 0 Å². The van der Waals surface area contributed by atoms with E-state index in [-0.39, 0.29) is 0 Å². The van der Waals surface area contributed by atoms with E-state index in [4.69, 9.17) is 0 Å². The first-order valence-corrected chi connectivity index (χ1v) is 3.32. The van der Waals surface area contributed by atoms with E-state index in [1.54, 1.807) is 23.0 Å². The highest BCUT2D eigenvalue weighted by Crippen LogP contribution is 2.01. The summed E-state index contributed by atoms with van der Waals surface area (Å²) in [5.41, 5.74) is 1.83. The van der Waals surface area contributed by atoms with Crippen LogP contribution in [0.3, 0.4) is 0 Å². The summed E-state index contributed by atoms with van der Waals surface area (Å²) in [6, 6.07) is 1.85. The highest BCUT2D eigenvalue weighted by Gasteiger charge is 1.92. The molecule has 0 aliphatic carbocycles. The van der Waals surface area contributed by atoms with Gasteiger partial charge in [-0.05, 0) is 0 Å². The minimum atomic E-state index is 0.857. The van der Waals surface area contributed by atoms with E-state index < -0.39 is 0 Å². The van der Waals surface area contributed by atoms with Crippen LogP contribution in [-0.4, -0.2) is 14.6 Å². The second-order valence-electron chi connectivity index (χ2n) is 2.23. The van der Waals surface area contributed by atoms with Gasteiger partial charge in [-0.15, -0.1) is 0 Å². The molecule has 54 valence electrons. The highest BCUT2D eigenvalue weighted by molar-refractivity contribution is 5.47. The van der Waals surface area contributed by atoms with Crippen molar-refractivity contribution in [3.05, 3.63) is 36.8 Å². The molecule has 2 aromatic heterocycles. The fraction of sp³-hybridized carbons (Fsp3) is 0. The second kappa shape index (κ2) is 2.20. The topological polar surface area (TPSA) is 30.2 Å². The summed E-state index contributed by atoms with van der Waals surface area (Å²) in [5.74, 6) is 0. The molecule has 0 saturated carbocycles. The van der Waals surface area contributed by atoms with Gasteiger partial charge in [-0.2, -0.15) is 5.10 Å². The van der Waals surface area contributed by atoms with E-state index in [2.05, 4.69) is 16.7 Å². The predicted molar refractivity (Wildman–Crippen MR) is 43.1 cm³/mol. The van der Waals surface area contributed by atoms with Gasteiger partial charge in [-0.3, -0.25) is 0 Å². The molecule has 0 saturated heterocycles. The first-order chi connectivity index (χ1) is 5.40. The van der Waals surface area contributed by atoms with Crippen molar-refractivity contribution in [2.75, 3.05) is 0 Å². The Morgan fingerprint density at radius 2 is 2.45 bits per heavy atom. The number of hydrogen-bond acceptors (Lipinski definition) is 2. The van der Waals surface area contributed by atoms with Crippen LogP contribution in [0.5, 0.6) is 0 Å². The van der Waals surface area contributed by atoms with Crippen LogP contribution in [0.25, 0.3) is 11.7 Å². The molecule has 11 heavy (non-hydrogen) atoms. The monoisotopic (exact) mass is 145 g/mol. The third-order valence-corrected chi connectivity index (χ3v) is 1.50. The molecule has 0 radical (unpaired) electrons. The zero-order valence-corrected chi connectivity index (χ0v) is 5.94. The summed E-state index contributed by atoms with van der Waals surface area (Å²) in [6.07, 6.45) is 7.11. The van der Waals surface area contributed by atoms with E-state index in [0.29, 0.717) is 0 Å². The Hall–Kier alpha value is -1.64. The Labute approximate surface area is 64.0 Å². The Morgan fingerprint density at radius 1 is 1.55 bits per heavy atom. The number of nitrogens with zero attached hydrogens (tertiary/aromatic N) is 3. The van der Waals surface area contributed by atoms with Crippen molar-refractivity contribution < 1.29 is 0 Å². The fourth-order valence-corrected chi connectivity index (χ4v) is 0.930. The van der Waals surface area contributed by atoms with E-state index >= 15 is 0 Å². The van der Waals surface area contributed by atoms with Crippen LogP contribution in [0.4, 0.5) is 0 Å². The molecule has 3 nitrogen and oxygen atoms in total. The first kappa shape index (κ1) is 6.09. The van der Waals surface area contributed by atoms with Gasteiger partial charge in [0, 0.05) is 24.0 Å². The van der Waals surface area contributed by atoms with Crippen molar-refractivity contribution in [2.24, 2.45) is 0 Å². The number of aromatic nitrogens is 3. The average Bonchev–Trinajstić information content (AvgIpc) is 2.50. The molecule has 0 N–H and O–H groups in total. The van der Waals surface area contributed by atoms with Gasteiger partial charge >= 0.3 is 0 Å². The molecule has 0 bridgehead atoms. The second-order valence-corrected chi connectivity index (χ2v) is 2.23. The minimum absolute atomic E-state index is 0.857. The SMILES string of the molecule is C=Cc1cnc2ccnn2c1. The van der Waals surface area contributed by atoms with E-state index in [1.807, 2.05) is 12.3 Å². The molecule has 0 spiro atoms. The maximum atomic E-state index is 4.14. The molecule has 0 fully saturated rings. The van der Waals surface area contributed by atoms with Gasteiger partial charge in [0.2, 0.25) is 0 Å². The summed E-state index contributed by atoms with van der Waals surface area (Å²) < 4.78 is 1.72. The molecule has 2 heterocycles. The maximum absolute atomic E-state index is 4.14. The van der Waals surface area contributed by atoms with E-state index in [0.717, 1.165) is 11.2 Å². The molecule has 2 rings (SSSR count). The lowest BCUT2D eigenvalue weighted by Gasteiger charge is -1.93. The lowest BCUT2D eigenvalue weighted by Crippen LogP contribution is -1.89. The van der Waals surface area contributed by atoms with Gasteiger partial charge in [-0.25, -0.2) is 9.50 Å². The quantitative estimate of drug-likeness (QED) is 0.606. The van der Waals surface area contributed by atoms with E-state index in [1.165, 1.54) is 0 Å². The third kappa shape index (κ3) is 0.902. The van der Waals surface area contributed by atoms with Gasteiger partial charge in [0.05, 0.1) is 6.20 Å². The number of hydrogen-bond donors (Lipinski definition) is 0. The van der Waals surface area contributed by atoms with Crippen LogP contribution in [0.1, 0.15) is 5.56 Å². The average molecular weight is 145 g/mol. The van der Waals surface area contributed by atoms with Gasteiger partial charge in [0.15, 0.2) is 5.65 Å². The summed E-state index contributed by atoms with van der Waals surface area (Å²) in [6.45, 7) is 3.64. The summed E-state index contributed by atoms with van der Waals surface area (Å²) in [5, 5.41) is 4.03. The number of rotatable bonds is 1. The van der Waals surface area contributed by atoms with Gasteiger partial charge < -0.3 is 0 Å². The molecule has 0 amide bonds. The lowest BCUT2D eigenvalue weighted by molar-refractivity contribution is 0.936. The van der Waals surface area contributed by atoms with Crippen molar-refractivity contribution in [1.29, 1.82) is 0 Å². The number of fused-ring (bicyclic) bond motifs is 1. The van der Waals surface area contributed by atoms with Crippen molar-refractivity contribution in [3.63, 3.8) is 0 Å². The van der Waals surface area contributed by atoms with Crippen molar-refractivity contribution in [3.8, 4) is 0 Å². The molecule has 0 aliphatic rings. The van der Waals surface area contributed by atoms with Crippen LogP contribution >= 0.6 is 0 Å². The first-order valence-electron chi connectivity index (χ1n) is 3.32. The van der Waals surface area contributed by atoms with Crippen LogP contribution in [0.15, 0.2) is 31.2 Å². The van der Waals surface area contributed by atoms with Gasteiger partial charge in [0.25, 0.3) is 0 Å². The third-order valence-electron chi connectivity index (χ3n) is 1.50. The Kier molecular flexibility index (Phi) is 1.22. The standard InChI is InChI=1S/C8H7N3/c1-2-7-5-9-8-3-4-10-11(8)6-7/h2-6H,1H2. The van der Waals surface area contributed by atoms with Crippen LogP contribution in [0, 0.1) is 0 Å². The molecule has 2 aromatic rings. The van der Waals surface area contributed by atoms with Crippen molar-refractivity contribution in [1.82, 2.24) is 14.6 Å². The highest BCUT2D eigenvalue weighted by atomic mass is 15.2. The maximum Gasteiger partial charge on any atom is 0.154 e. The molecule has 0 aliphatic heterocycles. The zero-order chi connectivity index (χ0) is 7.68. The summed E-state index contributed by atoms with van der Waals surface area (Å²) in [7, 11) is 0. The largest absolute Gasteiger partial charge is 0.236 e. The summed E-state index contributed by atoms with van der Waals surface area (Å²) in [4.78, 5) is 4.14. The van der Waals surface area contributed by atoms with E-state index in [9.17, 15) is 0 Å². The van der Waals surface area contributed by atoms with Crippen molar-refractivity contribution in [2.45, 2.75) is 0 Å². The van der Waals surface area contributed by atoms with Gasteiger partial charge in [-0.1, -0.05) is 12.7 Å². The smallest absolute Gasteiger partial charge is 0.154 e. The molecular weight excluding hydrogens is 138 g/mol. The van der Waals surface area contributed by atoms with Crippen LogP contribution in [0.2, 0.25) is 0 Å². The van der Waals surface area contributed by atoms with Gasteiger partial charge in [0.1, 0.15) is 0 Å². The Balaban J connectivity index is 2.76. The Morgan fingerprint density at radius 3 is 3.27 bits per heavy atom. The normalized spacial score (nSPS) is 10.2. The molecule has 3 heteroatoms. The zero-order valence-electron chi connectivity index (χ0n) is 5.94. The van der Waals surface area contributed by atoms with Crippen molar-refractivity contribution >= 4 is 11.7 Å². The Bertz CT molecular complexity index is 389. The minimum Gasteiger partial charge on any atom is -0.236 e. The summed E-state index contributed by atoms with van der Waals surface area (Å²) >= 11 is 0. The van der Waals surface area contributed by atoms with Crippen LogP contribution in [-0.2, 0) is 0 Å². The lowest BCUT2D eigenvalue weighted by atomic mass is 10.3. The predicted octanol–water partition coefficient (Wildman–Crippen LogP) is 1.37. The molecule has 0 atom stereocenters. The molecule has 0 unspecified atom stereocenters. The molecular formula is C8H7N3.